The van der Waals surface area contributed by atoms with Gasteiger partial charge in [0, 0.05) is 11.1 Å². The lowest BCUT2D eigenvalue weighted by Gasteiger charge is -2.16. The van der Waals surface area contributed by atoms with Crippen LogP contribution in [0.2, 0.25) is 0 Å². The first kappa shape index (κ1) is 23.9. The van der Waals surface area contributed by atoms with E-state index >= 15 is 0 Å². The third kappa shape index (κ3) is 5.38. The second-order valence-corrected chi connectivity index (χ2v) is 8.50. The van der Waals surface area contributed by atoms with E-state index in [0.717, 1.165) is 56.1 Å². The molecule has 0 N–H and O–H groups in total. The van der Waals surface area contributed by atoms with Crippen LogP contribution in [0.15, 0.2) is 132 Å². The van der Waals surface area contributed by atoms with E-state index in [2.05, 4.69) is 54.4 Å². The van der Waals surface area contributed by atoms with E-state index in [9.17, 15) is 0 Å². The topological polar surface area (TPSA) is 30.8 Å². The van der Waals surface area contributed by atoms with E-state index in [-0.39, 0.29) is 0 Å². The van der Waals surface area contributed by atoms with Gasteiger partial charge in [-0.1, -0.05) is 91.0 Å². The minimum absolute atomic E-state index is 0.734. The Morgan fingerprint density at radius 2 is 0.946 bits per heavy atom. The molecule has 5 aromatic rings. The van der Waals surface area contributed by atoms with Gasteiger partial charge < -0.3 is 9.47 Å². The fraction of sp³-hybridized carbons (Fsp3) is 0.0588. The lowest BCUT2D eigenvalue weighted by atomic mass is 9.92. The summed E-state index contributed by atoms with van der Waals surface area (Å²) in [6.45, 7) is 0. The van der Waals surface area contributed by atoms with Crippen LogP contribution in [0.1, 0.15) is 11.1 Å². The zero-order chi connectivity index (χ0) is 25.5. The molecule has 0 aliphatic carbocycles. The molecule has 180 valence electrons. The van der Waals surface area contributed by atoms with Gasteiger partial charge in [-0.25, -0.2) is 4.99 Å². The van der Waals surface area contributed by atoms with Gasteiger partial charge in [0.15, 0.2) is 0 Å². The van der Waals surface area contributed by atoms with Crippen molar-refractivity contribution in [2.75, 3.05) is 14.2 Å². The van der Waals surface area contributed by atoms with Gasteiger partial charge in [-0.15, -0.1) is 0 Å². The molecule has 3 heteroatoms. The van der Waals surface area contributed by atoms with Crippen LogP contribution < -0.4 is 9.47 Å². The van der Waals surface area contributed by atoms with Crippen LogP contribution in [-0.4, -0.2) is 20.1 Å². The number of nitrogens with zero attached hydrogens (tertiary/aromatic N) is 1. The lowest BCUT2D eigenvalue weighted by Crippen LogP contribution is -1.99. The summed E-state index contributed by atoms with van der Waals surface area (Å²) >= 11 is 0. The van der Waals surface area contributed by atoms with Crippen molar-refractivity contribution in [1.82, 2.24) is 0 Å². The van der Waals surface area contributed by atoms with Gasteiger partial charge in [0.05, 0.1) is 25.5 Å². The summed E-state index contributed by atoms with van der Waals surface area (Å²) in [4.78, 5) is 4.72. The highest BCUT2D eigenvalue weighted by Crippen LogP contribution is 2.39. The highest BCUT2D eigenvalue weighted by Gasteiger charge is 2.18. The predicted molar refractivity (Wildman–Crippen MR) is 153 cm³/mol. The molecule has 5 rings (SSSR count). The number of rotatable bonds is 7. The molecule has 0 aliphatic heterocycles. The molecule has 3 nitrogen and oxygen atoms in total. The van der Waals surface area contributed by atoms with Gasteiger partial charge in [0.25, 0.3) is 0 Å². The molecule has 0 saturated carbocycles. The Hall–Kier alpha value is -4.85. The molecule has 0 spiro atoms. The fourth-order valence-corrected chi connectivity index (χ4v) is 4.32. The first-order valence-corrected chi connectivity index (χ1v) is 12.1. The lowest BCUT2D eigenvalue weighted by molar-refractivity contribution is 0.411. The molecule has 0 bridgehead atoms. The highest BCUT2D eigenvalue weighted by atomic mass is 16.5. The van der Waals surface area contributed by atoms with Crippen LogP contribution in [0, 0.1) is 0 Å². The fourth-order valence-electron chi connectivity index (χ4n) is 4.32. The van der Waals surface area contributed by atoms with Gasteiger partial charge in [-0.3, -0.25) is 0 Å². The molecular weight excluding hydrogens is 454 g/mol. The van der Waals surface area contributed by atoms with Crippen LogP contribution >= 0.6 is 0 Å². The first-order chi connectivity index (χ1) is 18.3. The van der Waals surface area contributed by atoms with Crippen LogP contribution in [0.3, 0.4) is 0 Å². The van der Waals surface area contributed by atoms with E-state index < -0.39 is 0 Å². The Morgan fingerprint density at radius 3 is 1.38 bits per heavy atom. The van der Waals surface area contributed by atoms with Crippen molar-refractivity contribution in [3.8, 4) is 33.8 Å². The van der Waals surface area contributed by atoms with Crippen molar-refractivity contribution in [2.24, 2.45) is 4.99 Å². The van der Waals surface area contributed by atoms with Gasteiger partial charge in [-0.2, -0.15) is 0 Å². The van der Waals surface area contributed by atoms with Gasteiger partial charge in [0.2, 0.25) is 0 Å². The Labute approximate surface area is 218 Å². The number of benzene rings is 5. The summed E-state index contributed by atoms with van der Waals surface area (Å²) in [5, 5.41) is 0. The number of hydrogen-bond acceptors (Lipinski definition) is 3. The third-order valence-electron chi connectivity index (χ3n) is 6.20. The van der Waals surface area contributed by atoms with E-state index in [1.165, 1.54) is 0 Å². The summed E-state index contributed by atoms with van der Waals surface area (Å²) < 4.78 is 11.7. The monoisotopic (exact) mass is 481 g/mol. The maximum absolute atomic E-state index is 5.84. The molecule has 0 saturated heterocycles. The molecule has 0 aromatic heterocycles. The molecule has 0 atom stereocenters. The van der Waals surface area contributed by atoms with Crippen molar-refractivity contribution in [1.29, 1.82) is 0 Å². The van der Waals surface area contributed by atoms with Crippen LogP contribution in [0.25, 0.3) is 27.8 Å². The van der Waals surface area contributed by atoms with Gasteiger partial charge in [0.1, 0.15) is 11.5 Å². The second kappa shape index (κ2) is 11.3. The second-order valence-electron chi connectivity index (χ2n) is 8.50. The van der Waals surface area contributed by atoms with Crippen molar-refractivity contribution in [3.05, 3.63) is 139 Å². The summed E-state index contributed by atoms with van der Waals surface area (Å²) in [7, 11) is 3.37. The van der Waals surface area contributed by atoms with E-state index in [1.54, 1.807) is 14.2 Å². The standard InChI is InChI=1S/C34H27NO2/c1-36-33-20-18-27(25-12-6-3-7-13-25)22-30(33)32(24-35-29-16-10-5-11-17-29)31-23-28(19-21-34(31)37-2)26-14-8-4-9-15-26/h3-23H,1-2H3. The number of methoxy groups -OCH3 is 2. The van der Waals surface area contributed by atoms with Crippen LogP contribution in [0.5, 0.6) is 11.5 Å². The van der Waals surface area contributed by atoms with Gasteiger partial charge in [-0.05, 0) is 64.5 Å². The molecule has 0 aliphatic rings. The van der Waals surface area contributed by atoms with Crippen molar-refractivity contribution in [2.45, 2.75) is 0 Å². The summed E-state index contributed by atoms with van der Waals surface area (Å²) in [5.74, 6) is 4.82. The normalized spacial score (nSPS) is 10.3. The molecule has 0 radical (unpaired) electrons. The molecule has 37 heavy (non-hydrogen) atoms. The zero-order valence-electron chi connectivity index (χ0n) is 20.9. The SMILES string of the molecule is COc1ccc(-c2ccccc2)cc1C(=C=Nc1ccccc1)c1cc(-c2ccccc2)ccc1OC. The summed E-state index contributed by atoms with van der Waals surface area (Å²) in [5.41, 5.74) is 7.76. The molecule has 0 unspecified atom stereocenters. The minimum atomic E-state index is 0.734. The average molecular weight is 482 g/mol. The van der Waals surface area contributed by atoms with Crippen molar-refractivity contribution >= 4 is 17.1 Å². The quantitative estimate of drug-likeness (QED) is 0.218. The maximum atomic E-state index is 5.84. The summed E-state index contributed by atoms with van der Waals surface area (Å²) in [6, 6.07) is 42.8. The Bertz CT molecular complexity index is 1460. The van der Waals surface area contributed by atoms with E-state index in [1.807, 2.05) is 78.9 Å². The van der Waals surface area contributed by atoms with Crippen molar-refractivity contribution in [3.63, 3.8) is 0 Å². The number of ether oxygens (including phenoxy) is 2. The first-order valence-electron chi connectivity index (χ1n) is 12.1. The minimum Gasteiger partial charge on any atom is -0.496 e. The Kier molecular flexibility index (Phi) is 7.26. The largest absolute Gasteiger partial charge is 0.496 e. The molecule has 0 amide bonds. The number of para-hydroxylation sites is 1. The maximum Gasteiger partial charge on any atom is 0.127 e. The molecule has 0 fully saturated rings. The smallest absolute Gasteiger partial charge is 0.127 e. The molecule has 5 aromatic carbocycles. The third-order valence-corrected chi connectivity index (χ3v) is 6.20. The average Bonchev–Trinajstić information content (AvgIpc) is 2.98. The van der Waals surface area contributed by atoms with Crippen molar-refractivity contribution < 1.29 is 9.47 Å². The highest BCUT2D eigenvalue weighted by molar-refractivity contribution is 6.03. The Morgan fingerprint density at radius 1 is 0.514 bits per heavy atom. The summed E-state index contributed by atoms with van der Waals surface area (Å²) in [6.07, 6.45) is 0. The van der Waals surface area contributed by atoms with Crippen LogP contribution in [0.4, 0.5) is 5.69 Å². The number of hydrogen-bond donors (Lipinski definition) is 0. The van der Waals surface area contributed by atoms with Gasteiger partial charge >= 0.3 is 0 Å². The van der Waals surface area contributed by atoms with Crippen LogP contribution in [-0.2, 0) is 0 Å². The molecule has 0 heterocycles. The van der Waals surface area contributed by atoms with E-state index in [4.69, 9.17) is 14.5 Å². The number of aliphatic imine (C=N–C) groups is 1. The van der Waals surface area contributed by atoms with E-state index in [0.29, 0.717) is 0 Å². The Balaban J connectivity index is 1.77. The molecular formula is C34H27NO2. The predicted octanol–water partition coefficient (Wildman–Crippen LogP) is 8.47. The zero-order valence-corrected chi connectivity index (χ0v) is 20.9.